The number of hydrogen-bond acceptors (Lipinski definition) is 6. The number of non-ortho nitro benzene ring substituents is 1. The summed E-state index contributed by atoms with van der Waals surface area (Å²) >= 11 is 0. The Kier molecular flexibility index (Phi) is 5.36. The van der Waals surface area contributed by atoms with Gasteiger partial charge in [0.1, 0.15) is 11.3 Å². The van der Waals surface area contributed by atoms with Crippen molar-refractivity contribution in [2.75, 3.05) is 11.9 Å². The second kappa shape index (κ2) is 8.27. The molecule has 4 aromatic rings. The summed E-state index contributed by atoms with van der Waals surface area (Å²) in [7, 11) is 0. The summed E-state index contributed by atoms with van der Waals surface area (Å²) in [6.45, 7) is 3.77. The molecule has 156 valence electrons. The second-order valence-corrected chi connectivity index (χ2v) is 7.13. The Morgan fingerprint density at radius 3 is 2.58 bits per heavy atom. The molecule has 0 aliphatic carbocycles. The highest BCUT2D eigenvalue weighted by molar-refractivity contribution is 5.96. The van der Waals surface area contributed by atoms with Crippen molar-refractivity contribution in [1.29, 1.82) is 0 Å². The summed E-state index contributed by atoms with van der Waals surface area (Å²) < 4.78 is 11.4. The molecule has 0 saturated carbocycles. The van der Waals surface area contributed by atoms with E-state index in [1.807, 2.05) is 32.0 Å². The lowest BCUT2D eigenvalue weighted by molar-refractivity contribution is -0.384. The molecule has 1 amide bonds. The van der Waals surface area contributed by atoms with Crippen LogP contribution in [0.3, 0.4) is 0 Å². The van der Waals surface area contributed by atoms with Crippen molar-refractivity contribution in [3.8, 4) is 17.2 Å². The first-order valence-corrected chi connectivity index (χ1v) is 9.54. The van der Waals surface area contributed by atoms with Gasteiger partial charge in [0.15, 0.2) is 12.2 Å². The Morgan fingerprint density at radius 1 is 1.10 bits per heavy atom. The van der Waals surface area contributed by atoms with Crippen LogP contribution in [0.15, 0.2) is 65.1 Å². The summed E-state index contributed by atoms with van der Waals surface area (Å²) in [5, 5.41) is 13.8. The zero-order valence-corrected chi connectivity index (χ0v) is 16.9. The Labute approximate surface area is 177 Å². The number of nitro benzene ring substituents is 1. The number of amides is 1. The van der Waals surface area contributed by atoms with Gasteiger partial charge in [0, 0.05) is 12.1 Å². The van der Waals surface area contributed by atoms with Gasteiger partial charge in [0.25, 0.3) is 11.6 Å². The molecule has 8 nitrogen and oxygen atoms in total. The molecule has 0 aliphatic rings. The van der Waals surface area contributed by atoms with E-state index in [9.17, 15) is 14.9 Å². The maximum atomic E-state index is 12.5. The fourth-order valence-electron chi connectivity index (χ4n) is 3.27. The van der Waals surface area contributed by atoms with Gasteiger partial charge in [-0.25, -0.2) is 4.98 Å². The van der Waals surface area contributed by atoms with Gasteiger partial charge in [-0.15, -0.1) is 0 Å². The molecule has 0 bridgehead atoms. The van der Waals surface area contributed by atoms with Gasteiger partial charge in [-0.3, -0.25) is 14.9 Å². The third kappa shape index (κ3) is 4.53. The lowest BCUT2D eigenvalue weighted by Gasteiger charge is -2.11. The number of benzene rings is 3. The third-order valence-electron chi connectivity index (χ3n) is 4.58. The van der Waals surface area contributed by atoms with Crippen LogP contribution in [0.2, 0.25) is 0 Å². The average Bonchev–Trinajstić information content (AvgIpc) is 3.15. The average molecular weight is 417 g/mol. The fraction of sp³-hybridized carbons (Fsp3) is 0.130. The van der Waals surface area contributed by atoms with E-state index in [4.69, 9.17) is 9.15 Å². The van der Waals surface area contributed by atoms with Crippen molar-refractivity contribution in [1.82, 2.24) is 4.98 Å². The number of aromatic nitrogens is 1. The predicted molar refractivity (Wildman–Crippen MR) is 116 cm³/mol. The number of anilines is 1. The van der Waals surface area contributed by atoms with Crippen LogP contribution in [-0.4, -0.2) is 22.4 Å². The lowest BCUT2D eigenvalue weighted by Crippen LogP contribution is -2.20. The minimum absolute atomic E-state index is 0.0718. The quantitative estimate of drug-likeness (QED) is 0.348. The van der Waals surface area contributed by atoms with E-state index >= 15 is 0 Å². The van der Waals surface area contributed by atoms with E-state index in [1.165, 1.54) is 18.2 Å². The largest absolute Gasteiger partial charge is 0.484 e. The number of para-hydroxylation sites is 1. The lowest BCUT2D eigenvalue weighted by atomic mass is 10.1. The number of rotatable bonds is 6. The Hall–Kier alpha value is -4.20. The zero-order valence-electron chi connectivity index (χ0n) is 16.9. The highest BCUT2D eigenvalue weighted by atomic mass is 16.6. The van der Waals surface area contributed by atoms with Gasteiger partial charge in [0.2, 0.25) is 5.89 Å². The van der Waals surface area contributed by atoms with E-state index in [1.54, 1.807) is 24.3 Å². The Morgan fingerprint density at radius 2 is 1.84 bits per heavy atom. The second-order valence-electron chi connectivity index (χ2n) is 7.13. The van der Waals surface area contributed by atoms with Crippen LogP contribution in [0.5, 0.6) is 5.75 Å². The van der Waals surface area contributed by atoms with Crippen LogP contribution in [0.25, 0.3) is 22.6 Å². The van der Waals surface area contributed by atoms with Gasteiger partial charge in [0.05, 0.1) is 16.2 Å². The predicted octanol–water partition coefficient (Wildman–Crippen LogP) is 5.04. The smallest absolute Gasteiger partial charge is 0.271 e. The number of nitrogens with zero attached hydrogens (tertiary/aromatic N) is 2. The minimum atomic E-state index is -0.488. The molecule has 8 heteroatoms. The monoisotopic (exact) mass is 417 g/mol. The van der Waals surface area contributed by atoms with E-state index in [-0.39, 0.29) is 24.1 Å². The number of hydrogen-bond donors (Lipinski definition) is 1. The number of carbonyl (C=O) groups excluding carboxylic acids is 1. The van der Waals surface area contributed by atoms with Crippen molar-refractivity contribution in [2.45, 2.75) is 13.8 Å². The van der Waals surface area contributed by atoms with Gasteiger partial charge in [-0.05, 0) is 55.3 Å². The molecule has 0 aliphatic heterocycles. The van der Waals surface area contributed by atoms with Crippen LogP contribution < -0.4 is 10.1 Å². The molecule has 0 radical (unpaired) electrons. The molecule has 0 atom stereocenters. The van der Waals surface area contributed by atoms with Gasteiger partial charge in [-0.1, -0.05) is 18.2 Å². The van der Waals surface area contributed by atoms with E-state index in [2.05, 4.69) is 10.3 Å². The van der Waals surface area contributed by atoms with Crippen molar-refractivity contribution in [3.05, 3.63) is 81.9 Å². The number of oxazole rings is 1. The van der Waals surface area contributed by atoms with Crippen molar-refractivity contribution in [2.24, 2.45) is 0 Å². The first-order chi connectivity index (χ1) is 14.9. The minimum Gasteiger partial charge on any atom is -0.484 e. The molecule has 1 aromatic heterocycles. The van der Waals surface area contributed by atoms with Crippen molar-refractivity contribution >= 4 is 28.4 Å². The molecule has 0 spiro atoms. The number of fused-ring (bicyclic) bond motifs is 1. The topological polar surface area (TPSA) is 108 Å². The van der Waals surface area contributed by atoms with E-state index in [0.29, 0.717) is 28.1 Å². The highest BCUT2D eigenvalue weighted by Crippen LogP contribution is 2.31. The number of aryl methyl sites for hydroxylation is 2. The summed E-state index contributed by atoms with van der Waals surface area (Å²) in [4.78, 5) is 27.3. The summed E-state index contributed by atoms with van der Waals surface area (Å²) in [6.07, 6.45) is 0. The molecule has 0 fully saturated rings. The SMILES string of the molecule is Cc1cc(C)cc(OCC(=O)Nc2ccccc2-c2nc3cc([N+](=O)[O-])ccc3o2)c1. The molecular formula is C23H19N3O5. The highest BCUT2D eigenvalue weighted by Gasteiger charge is 2.16. The molecular weight excluding hydrogens is 398 g/mol. The molecule has 0 saturated heterocycles. The number of ether oxygens (including phenoxy) is 1. The maximum absolute atomic E-state index is 12.5. The first kappa shape index (κ1) is 20.1. The summed E-state index contributed by atoms with van der Waals surface area (Å²) in [6, 6.07) is 17.0. The van der Waals surface area contributed by atoms with Crippen molar-refractivity contribution in [3.63, 3.8) is 0 Å². The number of nitro groups is 1. The zero-order chi connectivity index (χ0) is 22.0. The molecule has 31 heavy (non-hydrogen) atoms. The maximum Gasteiger partial charge on any atom is 0.271 e. The van der Waals surface area contributed by atoms with Crippen molar-refractivity contribution < 1.29 is 18.9 Å². The Bertz CT molecular complexity index is 1280. The fourth-order valence-corrected chi connectivity index (χ4v) is 3.27. The number of nitrogens with one attached hydrogen (secondary N) is 1. The van der Waals surface area contributed by atoms with Crippen LogP contribution in [0, 0.1) is 24.0 Å². The van der Waals surface area contributed by atoms with Crippen LogP contribution in [-0.2, 0) is 4.79 Å². The molecule has 1 heterocycles. The summed E-state index contributed by atoms with van der Waals surface area (Å²) in [5.74, 6) is 0.543. The molecule has 4 rings (SSSR count). The van der Waals surface area contributed by atoms with E-state index in [0.717, 1.165) is 11.1 Å². The number of carbonyl (C=O) groups is 1. The van der Waals surface area contributed by atoms with E-state index < -0.39 is 4.92 Å². The summed E-state index contributed by atoms with van der Waals surface area (Å²) in [5.41, 5.74) is 3.87. The third-order valence-corrected chi connectivity index (χ3v) is 4.58. The van der Waals surface area contributed by atoms with Gasteiger partial charge >= 0.3 is 0 Å². The molecule has 3 aromatic carbocycles. The van der Waals surface area contributed by atoms with Crippen LogP contribution in [0.4, 0.5) is 11.4 Å². The van der Waals surface area contributed by atoms with Crippen LogP contribution in [0.1, 0.15) is 11.1 Å². The van der Waals surface area contributed by atoms with Gasteiger partial charge in [-0.2, -0.15) is 0 Å². The van der Waals surface area contributed by atoms with Crippen LogP contribution >= 0.6 is 0 Å². The standard InChI is InChI=1S/C23H19N3O5/c1-14-9-15(2)11-17(10-14)30-13-22(27)24-19-6-4-3-5-18(19)23-25-20-12-16(26(28)29)7-8-21(20)31-23/h3-12H,13H2,1-2H3,(H,24,27). The normalized spacial score (nSPS) is 10.8. The molecule has 1 N–H and O–H groups in total. The first-order valence-electron chi connectivity index (χ1n) is 9.54. The Balaban J connectivity index is 1.54. The molecule has 0 unspecified atom stereocenters. The van der Waals surface area contributed by atoms with Gasteiger partial charge < -0.3 is 14.5 Å².